The van der Waals surface area contributed by atoms with Crippen molar-refractivity contribution in [3.05, 3.63) is 35.9 Å². The van der Waals surface area contributed by atoms with Crippen LogP contribution in [0.3, 0.4) is 0 Å². The van der Waals surface area contributed by atoms with Crippen LogP contribution in [0.15, 0.2) is 30.3 Å². The van der Waals surface area contributed by atoms with Crippen molar-refractivity contribution in [2.45, 2.75) is 51.5 Å². The summed E-state index contributed by atoms with van der Waals surface area (Å²) >= 11 is 0. The Morgan fingerprint density at radius 3 is 2.48 bits per heavy atom. The Kier molecular flexibility index (Phi) is 7.07. The lowest BCUT2D eigenvalue weighted by Crippen LogP contribution is -2.60. The second-order valence-electron chi connectivity index (χ2n) is 8.06. The van der Waals surface area contributed by atoms with E-state index in [1.807, 2.05) is 70.1 Å². The first kappa shape index (κ1) is 21.0. The molecule has 0 aliphatic carbocycles. The van der Waals surface area contributed by atoms with Gasteiger partial charge in [0.05, 0.1) is 6.04 Å². The SMILES string of the molecule is CN(C)[C@H]1CN(C(=O)OC(C)(C)C)CC[C@H]1NC(=O)OCc1ccccc1. The average Bonchev–Trinajstić information content (AvgIpc) is 2.59. The molecule has 1 N–H and O–H groups in total. The Morgan fingerprint density at radius 2 is 1.89 bits per heavy atom. The van der Waals surface area contributed by atoms with Crippen LogP contribution in [0, 0.1) is 0 Å². The zero-order valence-corrected chi connectivity index (χ0v) is 16.9. The number of carbonyl (C=O) groups is 2. The van der Waals surface area contributed by atoms with Crippen molar-refractivity contribution in [2.24, 2.45) is 0 Å². The Morgan fingerprint density at radius 1 is 1.22 bits per heavy atom. The van der Waals surface area contributed by atoms with E-state index in [0.717, 1.165) is 5.56 Å². The molecule has 1 fully saturated rings. The van der Waals surface area contributed by atoms with Gasteiger partial charge in [-0.25, -0.2) is 9.59 Å². The predicted octanol–water partition coefficient (Wildman–Crippen LogP) is 2.85. The molecule has 0 aromatic heterocycles. The summed E-state index contributed by atoms with van der Waals surface area (Å²) in [7, 11) is 3.88. The molecule has 1 aliphatic heterocycles. The molecule has 1 heterocycles. The van der Waals surface area contributed by atoms with E-state index >= 15 is 0 Å². The number of nitrogens with one attached hydrogen (secondary N) is 1. The quantitative estimate of drug-likeness (QED) is 0.874. The van der Waals surface area contributed by atoms with Gasteiger partial charge in [0.15, 0.2) is 0 Å². The molecule has 0 radical (unpaired) electrons. The molecule has 0 spiro atoms. The van der Waals surface area contributed by atoms with Crippen LogP contribution in [-0.2, 0) is 16.1 Å². The largest absolute Gasteiger partial charge is 0.445 e. The van der Waals surface area contributed by atoms with Crippen molar-refractivity contribution in [1.82, 2.24) is 15.1 Å². The van der Waals surface area contributed by atoms with E-state index in [1.54, 1.807) is 4.90 Å². The average molecular weight is 377 g/mol. The summed E-state index contributed by atoms with van der Waals surface area (Å²) in [5, 5.41) is 2.95. The number of benzene rings is 1. The zero-order valence-electron chi connectivity index (χ0n) is 16.9. The number of carbonyl (C=O) groups excluding carboxylic acids is 2. The van der Waals surface area contributed by atoms with Gasteiger partial charge >= 0.3 is 12.2 Å². The molecular weight excluding hydrogens is 346 g/mol. The fraction of sp³-hybridized carbons (Fsp3) is 0.600. The molecule has 2 rings (SSSR count). The van der Waals surface area contributed by atoms with Gasteiger partial charge < -0.3 is 24.6 Å². The highest BCUT2D eigenvalue weighted by molar-refractivity contribution is 5.69. The normalized spacial score (nSPS) is 20.3. The van der Waals surface area contributed by atoms with Crippen molar-refractivity contribution in [1.29, 1.82) is 0 Å². The molecule has 0 bridgehead atoms. The first-order valence-electron chi connectivity index (χ1n) is 9.27. The van der Waals surface area contributed by atoms with E-state index in [1.165, 1.54) is 0 Å². The standard InChI is InChI=1S/C20H31N3O4/c1-20(2,3)27-19(25)23-12-11-16(17(13-23)22(4)5)21-18(24)26-14-15-9-7-6-8-10-15/h6-10,16-17H,11-14H2,1-5H3,(H,21,24)/t16-,17+/m1/s1. The minimum Gasteiger partial charge on any atom is -0.445 e. The summed E-state index contributed by atoms with van der Waals surface area (Å²) in [6.07, 6.45) is -0.122. The highest BCUT2D eigenvalue weighted by Gasteiger charge is 2.35. The van der Waals surface area contributed by atoms with Crippen LogP contribution in [0.2, 0.25) is 0 Å². The van der Waals surface area contributed by atoms with Crippen molar-refractivity contribution in [3.8, 4) is 0 Å². The molecule has 1 saturated heterocycles. The van der Waals surface area contributed by atoms with Gasteiger partial charge in [0.1, 0.15) is 12.2 Å². The third-order valence-electron chi connectivity index (χ3n) is 4.41. The van der Waals surface area contributed by atoms with Gasteiger partial charge in [0, 0.05) is 19.1 Å². The van der Waals surface area contributed by atoms with Gasteiger partial charge in [-0.3, -0.25) is 0 Å². The number of nitrogens with zero attached hydrogens (tertiary/aromatic N) is 2. The highest BCUT2D eigenvalue weighted by Crippen LogP contribution is 2.18. The topological polar surface area (TPSA) is 71.1 Å². The van der Waals surface area contributed by atoms with Gasteiger partial charge in [-0.05, 0) is 46.9 Å². The van der Waals surface area contributed by atoms with Gasteiger partial charge in [-0.1, -0.05) is 30.3 Å². The number of likely N-dealkylation sites (tertiary alicyclic amines) is 1. The lowest BCUT2D eigenvalue weighted by molar-refractivity contribution is 0.00967. The molecule has 0 unspecified atom stereocenters. The van der Waals surface area contributed by atoms with Gasteiger partial charge in [0.25, 0.3) is 0 Å². The van der Waals surface area contributed by atoms with E-state index in [2.05, 4.69) is 5.32 Å². The number of amides is 2. The van der Waals surface area contributed by atoms with Crippen LogP contribution in [0.25, 0.3) is 0 Å². The molecule has 0 saturated carbocycles. The molecule has 2 amide bonds. The monoisotopic (exact) mass is 377 g/mol. The fourth-order valence-electron chi connectivity index (χ4n) is 3.03. The Bertz CT molecular complexity index is 628. The van der Waals surface area contributed by atoms with Crippen LogP contribution in [0.1, 0.15) is 32.8 Å². The summed E-state index contributed by atoms with van der Waals surface area (Å²) in [5.74, 6) is 0. The van der Waals surface area contributed by atoms with Crippen molar-refractivity contribution in [2.75, 3.05) is 27.2 Å². The summed E-state index contributed by atoms with van der Waals surface area (Å²) < 4.78 is 10.8. The van der Waals surface area contributed by atoms with Crippen molar-refractivity contribution >= 4 is 12.2 Å². The number of ether oxygens (including phenoxy) is 2. The predicted molar refractivity (Wildman–Crippen MR) is 103 cm³/mol. The smallest absolute Gasteiger partial charge is 0.410 e. The van der Waals surface area contributed by atoms with Crippen molar-refractivity contribution < 1.29 is 19.1 Å². The molecule has 7 nitrogen and oxygen atoms in total. The minimum atomic E-state index is -0.527. The minimum absolute atomic E-state index is 0.0180. The summed E-state index contributed by atoms with van der Waals surface area (Å²) in [6, 6.07) is 9.45. The first-order chi connectivity index (χ1) is 12.7. The summed E-state index contributed by atoms with van der Waals surface area (Å²) in [6.45, 7) is 6.81. The molecular formula is C20H31N3O4. The molecule has 2 atom stereocenters. The van der Waals surface area contributed by atoms with E-state index in [0.29, 0.717) is 19.5 Å². The number of likely N-dealkylation sites (N-methyl/N-ethyl adjacent to an activating group) is 1. The molecule has 1 aromatic rings. The van der Waals surface area contributed by atoms with E-state index < -0.39 is 11.7 Å². The molecule has 150 valence electrons. The maximum atomic E-state index is 12.3. The lowest BCUT2D eigenvalue weighted by atomic mass is 9.98. The Labute approximate surface area is 161 Å². The van der Waals surface area contributed by atoms with Crippen molar-refractivity contribution in [3.63, 3.8) is 0 Å². The summed E-state index contributed by atoms with van der Waals surface area (Å²) in [5.41, 5.74) is 0.415. The van der Waals surface area contributed by atoms with Crippen LogP contribution in [0.5, 0.6) is 0 Å². The zero-order chi connectivity index (χ0) is 20.0. The molecule has 1 aliphatic rings. The molecule has 7 heteroatoms. The second kappa shape index (κ2) is 9.08. The molecule has 1 aromatic carbocycles. The number of hydrogen-bond acceptors (Lipinski definition) is 5. The van der Waals surface area contributed by atoms with Crippen LogP contribution in [0.4, 0.5) is 9.59 Å². The maximum Gasteiger partial charge on any atom is 0.410 e. The fourth-order valence-corrected chi connectivity index (χ4v) is 3.03. The van der Waals surface area contributed by atoms with Crippen LogP contribution in [-0.4, -0.2) is 66.9 Å². The maximum absolute atomic E-state index is 12.3. The molecule has 27 heavy (non-hydrogen) atoms. The highest BCUT2D eigenvalue weighted by atomic mass is 16.6. The Balaban J connectivity index is 1.89. The van der Waals surface area contributed by atoms with Crippen LogP contribution < -0.4 is 5.32 Å². The summed E-state index contributed by atoms with van der Waals surface area (Å²) in [4.78, 5) is 28.3. The second-order valence-corrected chi connectivity index (χ2v) is 8.06. The lowest BCUT2D eigenvalue weighted by Gasteiger charge is -2.41. The Hall–Kier alpha value is -2.28. The van der Waals surface area contributed by atoms with E-state index in [4.69, 9.17) is 9.47 Å². The first-order valence-corrected chi connectivity index (χ1v) is 9.27. The third kappa shape index (κ3) is 6.75. The van der Waals surface area contributed by atoms with E-state index in [-0.39, 0.29) is 24.8 Å². The van der Waals surface area contributed by atoms with E-state index in [9.17, 15) is 9.59 Å². The third-order valence-corrected chi connectivity index (χ3v) is 4.41. The van der Waals surface area contributed by atoms with Gasteiger partial charge in [-0.2, -0.15) is 0 Å². The van der Waals surface area contributed by atoms with Gasteiger partial charge in [0.2, 0.25) is 0 Å². The van der Waals surface area contributed by atoms with Gasteiger partial charge in [-0.15, -0.1) is 0 Å². The van der Waals surface area contributed by atoms with Crippen LogP contribution >= 0.6 is 0 Å². The number of hydrogen-bond donors (Lipinski definition) is 1. The number of alkyl carbamates (subject to hydrolysis) is 1. The number of piperidine rings is 1. The number of rotatable bonds is 4.